The van der Waals surface area contributed by atoms with Gasteiger partial charge in [0.05, 0.1) is 18.3 Å². The van der Waals surface area contributed by atoms with Crippen LogP contribution in [0.15, 0.2) is 12.7 Å². The molecular formula is C17H34O5. The largest absolute Gasteiger partial charge is 0.393 e. The lowest BCUT2D eigenvalue weighted by atomic mass is 10.0. The molecule has 5 nitrogen and oxygen atoms in total. The normalized spacial score (nSPS) is 15.5. The van der Waals surface area contributed by atoms with Crippen molar-refractivity contribution in [2.75, 3.05) is 27.8 Å². The van der Waals surface area contributed by atoms with E-state index < -0.39 is 0 Å². The molecule has 0 aliphatic heterocycles. The molecule has 0 unspecified atom stereocenters. The highest BCUT2D eigenvalue weighted by Gasteiger charge is 2.13. The molecule has 0 saturated carbocycles. The fourth-order valence-corrected chi connectivity index (χ4v) is 2.24. The maximum Gasteiger partial charge on any atom is 0.147 e. The fraction of sp³-hybridized carbons (Fsp3) is 0.882. The van der Waals surface area contributed by atoms with Crippen LogP contribution >= 0.6 is 0 Å². The Morgan fingerprint density at radius 1 is 0.909 bits per heavy atom. The maximum atomic E-state index is 9.25. The highest BCUT2D eigenvalue weighted by molar-refractivity contribution is 4.80. The molecule has 132 valence electrons. The Kier molecular flexibility index (Phi) is 15.1. The molecule has 1 N–H and O–H groups in total. The summed E-state index contributed by atoms with van der Waals surface area (Å²) in [6.07, 6.45) is 8.65. The van der Waals surface area contributed by atoms with Gasteiger partial charge in [0.1, 0.15) is 13.6 Å². The van der Waals surface area contributed by atoms with E-state index in [1.54, 1.807) is 20.3 Å². The van der Waals surface area contributed by atoms with Crippen LogP contribution in [0.25, 0.3) is 0 Å². The number of hydrogen-bond donors (Lipinski definition) is 1. The third-order valence-electron chi connectivity index (χ3n) is 3.51. The molecule has 3 atom stereocenters. The molecule has 0 aromatic carbocycles. The smallest absolute Gasteiger partial charge is 0.147 e. The lowest BCUT2D eigenvalue weighted by Gasteiger charge is -2.20. The van der Waals surface area contributed by atoms with Crippen LogP contribution in [-0.4, -0.2) is 51.2 Å². The lowest BCUT2D eigenvalue weighted by molar-refractivity contribution is -0.0882. The number of rotatable bonds is 16. The number of aliphatic hydroxyl groups is 1. The molecule has 0 rings (SSSR count). The molecule has 5 heteroatoms. The SMILES string of the molecule is C=C[C@H](CC[C@H](CCCCC[C@H](C)O)OCOC)OCOC. The van der Waals surface area contributed by atoms with Crippen LogP contribution in [0.1, 0.15) is 51.9 Å². The van der Waals surface area contributed by atoms with Crippen molar-refractivity contribution < 1.29 is 24.1 Å². The first-order valence-electron chi connectivity index (χ1n) is 8.15. The zero-order valence-corrected chi connectivity index (χ0v) is 14.5. The first-order chi connectivity index (χ1) is 10.6. The van der Waals surface area contributed by atoms with Crippen molar-refractivity contribution in [3.63, 3.8) is 0 Å². The third kappa shape index (κ3) is 13.2. The number of ether oxygens (including phenoxy) is 4. The van der Waals surface area contributed by atoms with Crippen molar-refractivity contribution >= 4 is 0 Å². The van der Waals surface area contributed by atoms with Crippen LogP contribution in [-0.2, 0) is 18.9 Å². The number of unbranched alkanes of at least 4 members (excludes halogenated alkanes) is 2. The molecule has 22 heavy (non-hydrogen) atoms. The van der Waals surface area contributed by atoms with E-state index in [1.807, 2.05) is 6.92 Å². The van der Waals surface area contributed by atoms with Gasteiger partial charge in [-0.05, 0) is 32.6 Å². The van der Waals surface area contributed by atoms with Crippen LogP contribution in [0.2, 0.25) is 0 Å². The van der Waals surface area contributed by atoms with Gasteiger partial charge in [0, 0.05) is 14.2 Å². The van der Waals surface area contributed by atoms with E-state index in [-0.39, 0.29) is 25.1 Å². The second-order valence-electron chi connectivity index (χ2n) is 5.61. The van der Waals surface area contributed by atoms with Gasteiger partial charge in [-0.25, -0.2) is 0 Å². The summed E-state index contributed by atoms with van der Waals surface area (Å²) >= 11 is 0. The van der Waals surface area contributed by atoms with Gasteiger partial charge < -0.3 is 24.1 Å². The van der Waals surface area contributed by atoms with E-state index >= 15 is 0 Å². The van der Waals surface area contributed by atoms with Gasteiger partial charge in [-0.15, -0.1) is 6.58 Å². The number of aliphatic hydroxyl groups excluding tert-OH is 1. The van der Waals surface area contributed by atoms with Gasteiger partial charge in [0.2, 0.25) is 0 Å². The predicted octanol–water partition coefficient (Wildman–Crippen LogP) is 3.26. The van der Waals surface area contributed by atoms with E-state index in [4.69, 9.17) is 18.9 Å². The van der Waals surface area contributed by atoms with E-state index in [1.165, 1.54) is 0 Å². The minimum absolute atomic E-state index is 0.0103. The molecule has 0 spiro atoms. The summed E-state index contributed by atoms with van der Waals surface area (Å²) in [7, 11) is 3.24. The molecular weight excluding hydrogens is 284 g/mol. The van der Waals surface area contributed by atoms with E-state index in [0.29, 0.717) is 6.79 Å². The Morgan fingerprint density at radius 3 is 2.14 bits per heavy atom. The van der Waals surface area contributed by atoms with Crippen LogP contribution in [0, 0.1) is 0 Å². The zero-order chi connectivity index (χ0) is 16.6. The summed E-state index contributed by atoms with van der Waals surface area (Å²) in [6.45, 7) is 6.21. The molecule has 0 saturated heterocycles. The van der Waals surface area contributed by atoms with Gasteiger partial charge in [-0.3, -0.25) is 0 Å². The Morgan fingerprint density at radius 2 is 1.55 bits per heavy atom. The van der Waals surface area contributed by atoms with Crippen LogP contribution in [0.5, 0.6) is 0 Å². The van der Waals surface area contributed by atoms with Crippen LogP contribution in [0.4, 0.5) is 0 Å². The topological polar surface area (TPSA) is 57.2 Å². The van der Waals surface area contributed by atoms with Crippen molar-refractivity contribution in [2.24, 2.45) is 0 Å². The van der Waals surface area contributed by atoms with Crippen LogP contribution < -0.4 is 0 Å². The van der Waals surface area contributed by atoms with Crippen LogP contribution in [0.3, 0.4) is 0 Å². The lowest BCUT2D eigenvalue weighted by Crippen LogP contribution is -2.19. The minimum atomic E-state index is -0.202. The van der Waals surface area contributed by atoms with Gasteiger partial charge >= 0.3 is 0 Å². The summed E-state index contributed by atoms with van der Waals surface area (Å²) in [5.41, 5.74) is 0. The van der Waals surface area contributed by atoms with Gasteiger partial charge in [-0.2, -0.15) is 0 Å². The predicted molar refractivity (Wildman–Crippen MR) is 87.7 cm³/mol. The average Bonchev–Trinajstić information content (AvgIpc) is 2.51. The van der Waals surface area contributed by atoms with Gasteiger partial charge in [0.25, 0.3) is 0 Å². The molecule has 0 fully saturated rings. The van der Waals surface area contributed by atoms with Gasteiger partial charge in [0.15, 0.2) is 0 Å². The second-order valence-corrected chi connectivity index (χ2v) is 5.61. The average molecular weight is 318 g/mol. The van der Waals surface area contributed by atoms with E-state index in [0.717, 1.165) is 44.9 Å². The maximum absolute atomic E-state index is 9.25. The molecule has 0 radical (unpaired) electrons. The number of hydrogen-bond acceptors (Lipinski definition) is 5. The highest BCUT2D eigenvalue weighted by Crippen LogP contribution is 2.16. The summed E-state index contributed by atoms with van der Waals surface area (Å²) in [5, 5.41) is 9.25. The minimum Gasteiger partial charge on any atom is -0.393 e. The standard InChI is InChI=1S/C17H34O5/c1-5-16(21-13-19-3)11-12-17(22-14-20-4)10-8-6-7-9-15(2)18/h5,15-18H,1,6-14H2,2-4H3/t15-,16+,17-/m0/s1. The van der Waals surface area contributed by atoms with E-state index in [2.05, 4.69) is 6.58 Å². The Bertz CT molecular complexity index is 245. The van der Waals surface area contributed by atoms with Crippen molar-refractivity contribution in [3.8, 4) is 0 Å². The van der Waals surface area contributed by atoms with Crippen molar-refractivity contribution in [1.82, 2.24) is 0 Å². The molecule has 0 amide bonds. The second kappa shape index (κ2) is 15.4. The van der Waals surface area contributed by atoms with E-state index in [9.17, 15) is 5.11 Å². The fourth-order valence-electron chi connectivity index (χ4n) is 2.24. The summed E-state index contributed by atoms with van der Waals surface area (Å²) in [4.78, 5) is 0. The van der Waals surface area contributed by atoms with Gasteiger partial charge in [-0.1, -0.05) is 25.3 Å². The summed E-state index contributed by atoms with van der Waals surface area (Å²) in [5.74, 6) is 0. The Labute approximate surface area is 135 Å². The van der Waals surface area contributed by atoms with Crippen molar-refractivity contribution in [2.45, 2.75) is 70.2 Å². The zero-order valence-electron chi connectivity index (χ0n) is 14.5. The summed E-state index contributed by atoms with van der Waals surface area (Å²) in [6, 6.07) is 0. The molecule has 0 heterocycles. The first kappa shape index (κ1) is 21.5. The number of methoxy groups -OCH3 is 2. The Hall–Kier alpha value is -0.460. The summed E-state index contributed by atoms with van der Waals surface area (Å²) < 4.78 is 21.2. The Balaban J connectivity index is 3.96. The molecule has 0 aliphatic rings. The van der Waals surface area contributed by atoms with Crippen molar-refractivity contribution in [3.05, 3.63) is 12.7 Å². The molecule has 0 bridgehead atoms. The quantitative estimate of drug-likeness (QED) is 0.269. The molecule has 0 aliphatic carbocycles. The molecule has 0 aromatic heterocycles. The third-order valence-corrected chi connectivity index (χ3v) is 3.51. The first-order valence-corrected chi connectivity index (χ1v) is 8.15. The monoisotopic (exact) mass is 318 g/mol. The highest BCUT2D eigenvalue weighted by atomic mass is 16.7. The molecule has 0 aromatic rings. The van der Waals surface area contributed by atoms with Crippen molar-refractivity contribution in [1.29, 1.82) is 0 Å².